The van der Waals surface area contributed by atoms with Gasteiger partial charge < -0.3 is 10.0 Å². The molecule has 3 unspecified atom stereocenters. The molecular weight excluding hydrogens is 723 g/mol. The Morgan fingerprint density at radius 3 is 2.43 bits per heavy atom. The minimum atomic E-state index is -0.834. The Hall–Kier alpha value is -5.27. The van der Waals surface area contributed by atoms with Crippen molar-refractivity contribution in [3.63, 3.8) is 0 Å². The fourth-order valence-electron chi connectivity index (χ4n) is 9.61. The van der Waals surface area contributed by atoms with Crippen molar-refractivity contribution in [1.82, 2.24) is 19.5 Å². The summed E-state index contributed by atoms with van der Waals surface area (Å²) in [7, 11) is 40.1. The Balaban J connectivity index is 1.18. The minimum Gasteiger partial charge on any atom is -0.508 e. The largest absolute Gasteiger partial charge is 0.508 e. The molecule has 4 aliphatic carbocycles. The number of rotatable bonds is 4. The second kappa shape index (κ2) is 13.4. The number of hydrogen-bond acceptors (Lipinski definition) is 6. The molecule has 0 saturated carbocycles. The Morgan fingerprint density at radius 1 is 0.810 bits per heavy atom. The van der Waals surface area contributed by atoms with Crippen LogP contribution in [0.4, 0.5) is 11.4 Å². The topological polar surface area (TPSA) is 67.1 Å². The molecule has 0 amide bonds. The third-order valence-electron chi connectivity index (χ3n) is 12.4. The van der Waals surface area contributed by atoms with Crippen LogP contribution in [0.5, 0.6) is 5.75 Å². The van der Waals surface area contributed by atoms with Crippen molar-refractivity contribution in [2.45, 2.75) is 54.7 Å². The van der Waals surface area contributed by atoms with E-state index in [4.69, 9.17) is 62.0 Å². The lowest BCUT2D eigenvalue weighted by molar-refractivity contribution is 0.468. The van der Waals surface area contributed by atoms with Crippen LogP contribution in [-0.2, 0) is 6.42 Å². The maximum atomic E-state index is 11.4. The van der Waals surface area contributed by atoms with Gasteiger partial charge in [0, 0.05) is 44.6 Å². The van der Waals surface area contributed by atoms with Crippen molar-refractivity contribution in [3.8, 4) is 11.7 Å². The molecule has 4 heterocycles. The van der Waals surface area contributed by atoms with Gasteiger partial charge in [0.15, 0.2) is 11.6 Å². The first-order valence-corrected chi connectivity index (χ1v) is 20.4. The number of anilines is 2. The number of allylic oxidation sites excluding steroid dienone is 13. The molecule has 2 aromatic heterocycles. The molecule has 13 heteroatoms. The number of aryl methyl sites for hydroxylation is 1. The molecule has 11 rings (SSSR count). The maximum absolute atomic E-state index is 11.4. The summed E-state index contributed by atoms with van der Waals surface area (Å²) in [5.74, 6) is -0.215. The maximum Gasteiger partial charge on any atom is 0.238 e. The fraction of sp³-hybridized carbons (Fsp3) is 0.178. The molecule has 0 bridgehead atoms. The number of para-hydroxylation sites is 1. The molecule has 0 spiro atoms. The van der Waals surface area contributed by atoms with Crippen LogP contribution in [0.25, 0.3) is 34.1 Å². The van der Waals surface area contributed by atoms with Gasteiger partial charge in [-0.2, -0.15) is 9.97 Å². The molecule has 0 saturated heterocycles. The molecule has 3 aromatic carbocycles. The van der Waals surface area contributed by atoms with Crippen molar-refractivity contribution in [3.05, 3.63) is 141 Å². The van der Waals surface area contributed by atoms with Crippen LogP contribution >= 0.6 is 11.8 Å². The monoisotopic (exact) mass is 753 g/mol. The molecular formula is C45H29B6N5OS. The highest BCUT2D eigenvalue weighted by Crippen LogP contribution is 2.61. The van der Waals surface area contributed by atoms with Gasteiger partial charge in [-0.15, -0.1) is 5.46 Å². The summed E-state index contributed by atoms with van der Waals surface area (Å²) in [5, 5.41) is 12.6. The molecule has 1 N–H and O–H groups in total. The number of aromatic hydroxyl groups is 1. The van der Waals surface area contributed by atoms with Crippen molar-refractivity contribution >= 4 is 115 Å². The number of phenols is 1. The normalized spacial score (nSPS) is 21.5. The van der Waals surface area contributed by atoms with Crippen LogP contribution in [0.15, 0.2) is 111 Å². The third-order valence-corrected chi connectivity index (χ3v) is 13.7. The summed E-state index contributed by atoms with van der Waals surface area (Å²) in [5.41, 5.74) is 10.7. The van der Waals surface area contributed by atoms with Crippen LogP contribution in [0.2, 0.25) is 5.82 Å². The average Bonchev–Trinajstić information content (AvgIpc) is 3.94. The van der Waals surface area contributed by atoms with Crippen LogP contribution in [0.1, 0.15) is 71.6 Å². The van der Waals surface area contributed by atoms with Crippen LogP contribution in [0, 0.1) is 0 Å². The van der Waals surface area contributed by atoms with Crippen molar-refractivity contribution in [2.24, 2.45) is 0 Å². The minimum absolute atomic E-state index is 0.00511. The number of thioether (sulfide) groups is 1. The summed E-state index contributed by atoms with van der Waals surface area (Å²) >= 11 is 1.30. The number of aromatic nitrogens is 4. The van der Waals surface area contributed by atoms with E-state index < -0.39 is 11.7 Å². The highest BCUT2D eigenvalue weighted by molar-refractivity contribution is 8.03. The predicted octanol–water partition coefficient (Wildman–Crippen LogP) is 5.79. The van der Waals surface area contributed by atoms with E-state index in [-0.39, 0.29) is 33.5 Å². The first-order chi connectivity index (χ1) is 28.2. The number of hydrogen-bond donors (Lipinski definition) is 1. The molecule has 0 fully saturated rings. The van der Waals surface area contributed by atoms with E-state index >= 15 is 0 Å². The number of nitrogens with zero attached hydrogens (tertiary/aromatic N) is 5. The Kier molecular flexibility index (Phi) is 8.28. The van der Waals surface area contributed by atoms with E-state index in [1.54, 1.807) is 0 Å². The van der Waals surface area contributed by atoms with E-state index in [9.17, 15) is 5.11 Å². The Labute approximate surface area is 349 Å². The zero-order valence-electron chi connectivity index (χ0n) is 31.5. The molecule has 264 valence electrons. The molecule has 6 nitrogen and oxygen atoms in total. The number of benzene rings is 3. The van der Waals surface area contributed by atoms with Gasteiger partial charge in [-0.3, -0.25) is 4.57 Å². The van der Waals surface area contributed by atoms with E-state index in [2.05, 4.69) is 94.5 Å². The quantitative estimate of drug-likeness (QED) is 0.235. The van der Waals surface area contributed by atoms with Gasteiger partial charge in [-0.25, -0.2) is 4.98 Å². The van der Waals surface area contributed by atoms with Crippen molar-refractivity contribution in [1.29, 1.82) is 0 Å². The van der Waals surface area contributed by atoms with Crippen LogP contribution in [-0.4, -0.2) is 71.7 Å². The summed E-state index contributed by atoms with van der Waals surface area (Å²) in [6.45, 7) is 0. The number of fused-ring (bicyclic) bond motifs is 10. The second-order valence-electron chi connectivity index (χ2n) is 15.5. The van der Waals surface area contributed by atoms with Gasteiger partial charge in [-0.05, 0) is 83.8 Å². The lowest BCUT2D eigenvalue weighted by Crippen LogP contribution is -2.40. The van der Waals surface area contributed by atoms with E-state index in [0.717, 1.165) is 65.6 Å². The smallest absolute Gasteiger partial charge is 0.238 e. The predicted molar refractivity (Wildman–Crippen MR) is 241 cm³/mol. The summed E-state index contributed by atoms with van der Waals surface area (Å²) in [6.07, 6.45) is 21.8. The summed E-state index contributed by atoms with van der Waals surface area (Å²) in [6, 6.07) is 15.1. The molecule has 5 aromatic rings. The molecule has 3 atom stereocenters. The fourth-order valence-corrected chi connectivity index (χ4v) is 11.0. The summed E-state index contributed by atoms with van der Waals surface area (Å²) in [4.78, 5) is 19.4. The van der Waals surface area contributed by atoms with Crippen molar-refractivity contribution < 1.29 is 5.11 Å². The highest BCUT2D eigenvalue weighted by atomic mass is 32.2. The van der Waals surface area contributed by atoms with Crippen LogP contribution < -0.4 is 21.3 Å². The SMILES string of the molecule is [B]C1=C(c2nc(C3=CCCC=C3)nc(-n3c4c(c5ccc6c(c53)N(c3ccccc3)C3=CC=CCC36)CCC=C4)n2)C([B])C2C(=C1[B])Sc1c([B])c([B])c([B])c(O)c12. The lowest BCUT2D eigenvalue weighted by atomic mass is 9.57. The highest BCUT2D eigenvalue weighted by Gasteiger charge is 2.43. The Bertz CT molecular complexity index is 2910. The van der Waals surface area contributed by atoms with Gasteiger partial charge >= 0.3 is 0 Å². The molecule has 6 aliphatic rings. The standard InChI is InChI=1S/C45H29B6N5OS/c46-32-29-30-40(57)35(49)34(48)37(51)42(30)58-41(29)36(50)33(47)31(32)44-52-43(21-11-3-1-4-12-21)53-45(54-44)56-28-18-10-8-16-24(28)26-20-19-25-23-15-7-9-17-27(23)55(38(25)39(26)56)22-13-5-2-6-14-22/h2-3,5-7,9-14,17-20,23,29,32,57H,1,4,8,15-16H2. The average molecular weight is 753 g/mol. The van der Waals surface area contributed by atoms with E-state index in [1.165, 1.54) is 28.6 Å². The van der Waals surface area contributed by atoms with Crippen LogP contribution in [0.3, 0.4) is 0 Å². The zero-order valence-corrected chi connectivity index (χ0v) is 32.3. The number of phenolic OH excluding ortho intramolecular Hbond substituents is 1. The lowest BCUT2D eigenvalue weighted by Gasteiger charge is -2.33. The van der Waals surface area contributed by atoms with Crippen molar-refractivity contribution in [2.75, 3.05) is 4.90 Å². The van der Waals surface area contributed by atoms with Gasteiger partial charge in [0.1, 0.15) is 45.0 Å². The molecule has 2 aliphatic heterocycles. The third kappa shape index (κ3) is 5.04. The van der Waals surface area contributed by atoms with Gasteiger partial charge in [0.2, 0.25) is 5.95 Å². The van der Waals surface area contributed by atoms with Gasteiger partial charge in [0.25, 0.3) is 0 Å². The first kappa shape index (κ1) is 35.9. The molecule has 12 radical (unpaired) electrons. The van der Waals surface area contributed by atoms with E-state index in [1.807, 2.05) is 6.07 Å². The first-order valence-electron chi connectivity index (χ1n) is 19.6. The zero-order chi connectivity index (χ0) is 39.6. The van der Waals surface area contributed by atoms with Gasteiger partial charge in [0.05, 0.1) is 24.7 Å². The summed E-state index contributed by atoms with van der Waals surface area (Å²) < 4.78 is 2.20. The molecule has 58 heavy (non-hydrogen) atoms. The Morgan fingerprint density at radius 2 is 1.62 bits per heavy atom. The second-order valence-corrected chi connectivity index (χ2v) is 16.5. The van der Waals surface area contributed by atoms with E-state index in [0.29, 0.717) is 44.0 Å². The van der Waals surface area contributed by atoms with Gasteiger partial charge in [-0.1, -0.05) is 100 Å².